The van der Waals surface area contributed by atoms with Gasteiger partial charge in [-0.3, -0.25) is 4.79 Å². The molecule has 0 unspecified atom stereocenters. The fraction of sp³-hybridized carbons (Fsp3) is 0.375. The number of nitrogens with one attached hydrogen (secondary N) is 1. The molecule has 1 heterocycles. The van der Waals surface area contributed by atoms with Crippen LogP contribution in [-0.4, -0.2) is 16.9 Å². The van der Waals surface area contributed by atoms with Crippen molar-refractivity contribution < 1.29 is 9.53 Å². The maximum absolute atomic E-state index is 11.7. The summed E-state index contributed by atoms with van der Waals surface area (Å²) in [6, 6.07) is 8.34. The van der Waals surface area contributed by atoms with E-state index >= 15 is 0 Å². The van der Waals surface area contributed by atoms with E-state index in [2.05, 4.69) is 10.3 Å². The summed E-state index contributed by atoms with van der Waals surface area (Å²) in [6.45, 7) is 2.49. The molecule has 1 aromatic carbocycles. The first-order valence-corrected chi connectivity index (χ1v) is 7.99. The Morgan fingerprint density at radius 2 is 2.14 bits per heavy atom. The van der Waals surface area contributed by atoms with Gasteiger partial charge < -0.3 is 10.1 Å². The Morgan fingerprint density at radius 3 is 2.86 bits per heavy atom. The Balaban J connectivity index is 1.49. The van der Waals surface area contributed by atoms with Crippen LogP contribution in [0.3, 0.4) is 0 Å². The highest BCUT2D eigenvalue weighted by Crippen LogP contribution is 2.19. The first-order chi connectivity index (χ1) is 10.2. The second-order valence-corrected chi connectivity index (χ2v) is 6.30. The van der Waals surface area contributed by atoms with Gasteiger partial charge in [0.1, 0.15) is 17.4 Å². The molecule has 0 spiro atoms. The third-order valence-corrected chi connectivity index (χ3v) is 4.14. The molecule has 0 radical (unpaired) electrons. The summed E-state index contributed by atoms with van der Waals surface area (Å²) < 4.78 is 5.69. The zero-order chi connectivity index (χ0) is 14.7. The SMILES string of the molecule is Cc1ccc(OCc2nc(CC(=O)NC3CC3)cs2)cc1. The summed E-state index contributed by atoms with van der Waals surface area (Å²) >= 11 is 1.53. The van der Waals surface area contributed by atoms with Gasteiger partial charge in [-0.15, -0.1) is 11.3 Å². The van der Waals surface area contributed by atoms with E-state index in [1.165, 1.54) is 16.9 Å². The molecule has 1 aliphatic rings. The average Bonchev–Trinajstić information content (AvgIpc) is 3.16. The van der Waals surface area contributed by atoms with Gasteiger partial charge in [-0.1, -0.05) is 17.7 Å². The first-order valence-electron chi connectivity index (χ1n) is 7.11. The predicted octanol–water partition coefficient (Wildman–Crippen LogP) is 2.85. The van der Waals surface area contributed by atoms with Crippen LogP contribution in [0, 0.1) is 6.92 Å². The zero-order valence-corrected chi connectivity index (χ0v) is 12.8. The van der Waals surface area contributed by atoms with Crippen LogP contribution in [0.15, 0.2) is 29.6 Å². The number of carbonyl (C=O) groups is 1. The standard InChI is InChI=1S/C16H18N2O2S/c1-11-2-6-14(7-3-11)20-9-16-18-13(10-21-16)8-15(19)17-12-4-5-12/h2-3,6-7,10,12H,4-5,8-9H2,1H3,(H,17,19). The summed E-state index contributed by atoms with van der Waals surface area (Å²) in [5.41, 5.74) is 2.03. The molecule has 110 valence electrons. The van der Waals surface area contributed by atoms with E-state index in [4.69, 9.17) is 4.74 Å². The van der Waals surface area contributed by atoms with Gasteiger partial charge in [0.15, 0.2) is 0 Å². The second kappa shape index (κ2) is 6.26. The summed E-state index contributed by atoms with van der Waals surface area (Å²) in [5, 5.41) is 5.79. The number of thiazole rings is 1. The van der Waals surface area contributed by atoms with Gasteiger partial charge in [-0.05, 0) is 31.9 Å². The molecule has 1 saturated carbocycles. The van der Waals surface area contributed by atoms with Crippen LogP contribution in [0.4, 0.5) is 0 Å². The smallest absolute Gasteiger partial charge is 0.226 e. The molecule has 21 heavy (non-hydrogen) atoms. The summed E-state index contributed by atoms with van der Waals surface area (Å²) in [6.07, 6.45) is 2.58. The summed E-state index contributed by atoms with van der Waals surface area (Å²) in [7, 11) is 0. The average molecular weight is 302 g/mol. The maximum Gasteiger partial charge on any atom is 0.226 e. The van der Waals surface area contributed by atoms with Crippen molar-refractivity contribution in [3.05, 3.63) is 45.9 Å². The number of aryl methyl sites for hydroxylation is 1. The normalized spacial score (nSPS) is 14.0. The van der Waals surface area contributed by atoms with Gasteiger partial charge >= 0.3 is 0 Å². The third kappa shape index (κ3) is 4.29. The van der Waals surface area contributed by atoms with Crippen LogP contribution in [0.5, 0.6) is 5.75 Å². The van der Waals surface area contributed by atoms with Crippen molar-refractivity contribution in [1.29, 1.82) is 0 Å². The number of hydrogen-bond acceptors (Lipinski definition) is 4. The van der Waals surface area contributed by atoms with Crippen LogP contribution in [0.25, 0.3) is 0 Å². The molecule has 0 aliphatic heterocycles. The number of ether oxygens (including phenoxy) is 1. The molecular weight excluding hydrogens is 284 g/mol. The van der Waals surface area contributed by atoms with Gasteiger partial charge in [0.05, 0.1) is 12.1 Å². The molecule has 1 amide bonds. The van der Waals surface area contributed by atoms with E-state index < -0.39 is 0 Å². The Morgan fingerprint density at radius 1 is 1.38 bits per heavy atom. The van der Waals surface area contributed by atoms with Crippen molar-refractivity contribution in [3.8, 4) is 5.75 Å². The minimum absolute atomic E-state index is 0.0637. The molecule has 2 aromatic rings. The van der Waals surface area contributed by atoms with E-state index in [0.717, 1.165) is 29.3 Å². The van der Waals surface area contributed by atoms with Crippen molar-refractivity contribution in [2.24, 2.45) is 0 Å². The molecule has 0 saturated heterocycles. The van der Waals surface area contributed by atoms with Crippen molar-refractivity contribution >= 4 is 17.2 Å². The molecule has 0 atom stereocenters. The Hall–Kier alpha value is -1.88. The number of amides is 1. The fourth-order valence-corrected chi connectivity index (χ4v) is 2.65. The topological polar surface area (TPSA) is 51.2 Å². The number of carbonyl (C=O) groups excluding carboxylic acids is 1. The first kappa shape index (κ1) is 14.1. The van der Waals surface area contributed by atoms with Crippen LogP contribution in [0.2, 0.25) is 0 Å². The fourth-order valence-electron chi connectivity index (χ4n) is 1.95. The van der Waals surface area contributed by atoms with E-state index in [9.17, 15) is 4.79 Å². The monoisotopic (exact) mass is 302 g/mol. The zero-order valence-electron chi connectivity index (χ0n) is 12.0. The number of rotatable bonds is 6. The Labute approximate surface area is 128 Å². The molecule has 1 aliphatic carbocycles. The van der Waals surface area contributed by atoms with Gasteiger partial charge in [-0.2, -0.15) is 0 Å². The summed E-state index contributed by atoms with van der Waals surface area (Å²) in [5.74, 6) is 0.901. The minimum Gasteiger partial charge on any atom is -0.486 e. The van der Waals surface area contributed by atoms with Crippen LogP contribution < -0.4 is 10.1 Å². The van der Waals surface area contributed by atoms with Crippen molar-refractivity contribution in [1.82, 2.24) is 10.3 Å². The number of hydrogen-bond donors (Lipinski definition) is 1. The minimum atomic E-state index is 0.0637. The summed E-state index contributed by atoms with van der Waals surface area (Å²) in [4.78, 5) is 16.1. The van der Waals surface area contributed by atoms with E-state index in [-0.39, 0.29) is 5.91 Å². The lowest BCUT2D eigenvalue weighted by molar-refractivity contribution is -0.120. The Kier molecular flexibility index (Phi) is 4.20. The molecule has 1 fully saturated rings. The highest BCUT2D eigenvalue weighted by atomic mass is 32.1. The second-order valence-electron chi connectivity index (χ2n) is 5.35. The van der Waals surface area contributed by atoms with Crippen molar-refractivity contribution in [2.45, 2.75) is 38.8 Å². The van der Waals surface area contributed by atoms with Gasteiger partial charge in [0.25, 0.3) is 0 Å². The largest absolute Gasteiger partial charge is 0.486 e. The predicted molar refractivity (Wildman–Crippen MR) is 82.5 cm³/mol. The number of nitrogens with zero attached hydrogens (tertiary/aromatic N) is 1. The molecule has 4 nitrogen and oxygen atoms in total. The van der Waals surface area contributed by atoms with Gasteiger partial charge in [0, 0.05) is 11.4 Å². The van der Waals surface area contributed by atoms with Crippen LogP contribution in [0.1, 0.15) is 29.1 Å². The highest BCUT2D eigenvalue weighted by Gasteiger charge is 2.23. The van der Waals surface area contributed by atoms with Crippen LogP contribution in [-0.2, 0) is 17.8 Å². The molecule has 1 N–H and O–H groups in total. The van der Waals surface area contributed by atoms with E-state index in [1.807, 2.05) is 36.6 Å². The number of aromatic nitrogens is 1. The molecule has 0 bridgehead atoms. The lowest BCUT2D eigenvalue weighted by atomic mass is 10.2. The van der Waals surface area contributed by atoms with E-state index in [1.54, 1.807) is 0 Å². The molecule has 5 heteroatoms. The third-order valence-electron chi connectivity index (χ3n) is 3.27. The van der Waals surface area contributed by atoms with Crippen molar-refractivity contribution in [3.63, 3.8) is 0 Å². The quantitative estimate of drug-likeness (QED) is 0.892. The Bertz CT molecular complexity index is 617. The van der Waals surface area contributed by atoms with E-state index in [0.29, 0.717) is 19.1 Å². The molecule has 1 aromatic heterocycles. The lowest BCUT2D eigenvalue weighted by Crippen LogP contribution is -2.27. The molecule has 3 rings (SSSR count). The van der Waals surface area contributed by atoms with Crippen molar-refractivity contribution in [2.75, 3.05) is 0 Å². The lowest BCUT2D eigenvalue weighted by Gasteiger charge is -2.04. The van der Waals surface area contributed by atoms with Gasteiger partial charge in [-0.25, -0.2) is 4.98 Å². The maximum atomic E-state index is 11.7. The highest BCUT2D eigenvalue weighted by molar-refractivity contribution is 7.09. The molecular formula is C16H18N2O2S. The van der Waals surface area contributed by atoms with Crippen LogP contribution >= 0.6 is 11.3 Å². The number of benzene rings is 1. The van der Waals surface area contributed by atoms with Gasteiger partial charge in [0.2, 0.25) is 5.91 Å².